The summed E-state index contributed by atoms with van der Waals surface area (Å²) >= 11 is 2.12. The molecule has 0 bridgehead atoms. The largest absolute Gasteiger partial charge is 0.376 e. The molecule has 0 aromatic heterocycles. The molecule has 0 unspecified atom stereocenters. The predicted octanol–water partition coefficient (Wildman–Crippen LogP) is 3.41. The summed E-state index contributed by atoms with van der Waals surface area (Å²) in [4.78, 5) is 2.71. The van der Waals surface area contributed by atoms with Crippen LogP contribution in [0.25, 0.3) is 0 Å². The first-order valence-corrected chi connectivity index (χ1v) is 8.84. The van der Waals surface area contributed by atoms with Gasteiger partial charge in [-0.3, -0.25) is 4.90 Å². The molecule has 106 valence electrons. The minimum Gasteiger partial charge on any atom is -0.376 e. The number of nitrogens with zero attached hydrogens (tertiary/aromatic N) is 1. The quantitative estimate of drug-likeness (QED) is 0.760. The Bertz CT molecular complexity index is 229. The van der Waals surface area contributed by atoms with Gasteiger partial charge in [0.25, 0.3) is 0 Å². The van der Waals surface area contributed by atoms with Gasteiger partial charge in [-0.1, -0.05) is 26.7 Å². The van der Waals surface area contributed by atoms with Gasteiger partial charge in [0.05, 0.1) is 12.7 Å². The highest BCUT2D eigenvalue weighted by Gasteiger charge is 2.27. The van der Waals surface area contributed by atoms with E-state index in [4.69, 9.17) is 4.74 Å². The predicted molar refractivity (Wildman–Crippen MR) is 80.3 cm³/mol. The molecule has 0 N–H and O–H groups in total. The number of ether oxygens (including phenoxy) is 1. The molecular weight excluding hydrogens is 242 g/mol. The maximum Gasteiger partial charge on any atom is 0.0702 e. The summed E-state index contributed by atoms with van der Waals surface area (Å²) in [6.07, 6.45) is 7.23. The van der Waals surface area contributed by atoms with Crippen LogP contribution in [0.3, 0.4) is 0 Å². The molecule has 2 saturated heterocycles. The third-order valence-electron chi connectivity index (χ3n) is 4.18. The molecule has 2 rings (SSSR count). The Morgan fingerprint density at radius 3 is 2.78 bits per heavy atom. The lowest BCUT2D eigenvalue weighted by atomic mass is 10.0. The Labute approximate surface area is 117 Å². The Morgan fingerprint density at radius 2 is 2.06 bits per heavy atom. The van der Waals surface area contributed by atoms with Gasteiger partial charge in [-0.25, -0.2) is 0 Å². The number of morpholine rings is 1. The van der Waals surface area contributed by atoms with Crippen molar-refractivity contribution in [2.75, 3.05) is 31.2 Å². The van der Waals surface area contributed by atoms with Crippen LogP contribution in [-0.2, 0) is 4.74 Å². The molecule has 2 nitrogen and oxygen atoms in total. The normalized spacial score (nSPS) is 27.8. The Kier molecular flexibility index (Phi) is 6.33. The molecule has 2 fully saturated rings. The molecule has 0 aromatic rings. The lowest BCUT2D eigenvalue weighted by molar-refractivity contribution is -0.0485. The van der Waals surface area contributed by atoms with Gasteiger partial charge in [-0.05, 0) is 36.7 Å². The molecule has 2 aliphatic rings. The second-order valence-electron chi connectivity index (χ2n) is 6.16. The van der Waals surface area contributed by atoms with Crippen molar-refractivity contribution in [3.05, 3.63) is 0 Å². The molecule has 18 heavy (non-hydrogen) atoms. The second-order valence-corrected chi connectivity index (χ2v) is 7.38. The van der Waals surface area contributed by atoms with Gasteiger partial charge < -0.3 is 4.74 Å². The summed E-state index contributed by atoms with van der Waals surface area (Å²) < 4.78 is 5.93. The first-order chi connectivity index (χ1) is 8.75. The van der Waals surface area contributed by atoms with E-state index in [-0.39, 0.29) is 0 Å². The van der Waals surface area contributed by atoms with E-state index in [1.54, 1.807) is 0 Å². The molecule has 0 saturated carbocycles. The van der Waals surface area contributed by atoms with Crippen molar-refractivity contribution >= 4 is 11.8 Å². The van der Waals surface area contributed by atoms with E-state index in [0.717, 1.165) is 25.1 Å². The fourth-order valence-electron chi connectivity index (χ4n) is 3.05. The highest BCUT2D eigenvalue weighted by molar-refractivity contribution is 7.99. The van der Waals surface area contributed by atoms with Crippen molar-refractivity contribution in [2.24, 2.45) is 5.92 Å². The van der Waals surface area contributed by atoms with E-state index in [2.05, 4.69) is 30.5 Å². The van der Waals surface area contributed by atoms with Crippen LogP contribution < -0.4 is 0 Å². The average Bonchev–Trinajstić information content (AvgIpc) is 2.40. The van der Waals surface area contributed by atoms with E-state index in [1.165, 1.54) is 50.2 Å². The molecule has 0 amide bonds. The van der Waals surface area contributed by atoms with Gasteiger partial charge in [0, 0.05) is 19.1 Å². The van der Waals surface area contributed by atoms with E-state index in [9.17, 15) is 0 Å². The van der Waals surface area contributed by atoms with E-state index < -0.39 is 0 Å². The number of hydrogen-bond acceptors (Lipinski definition) is 3. The fraction of sp³-hybridized carbons (Fsp3) is 1.00. The molecule has 2 aliphatic heterocycles. The van der Waals surface area contributed by atoms with Crippen LogP contribution in [0.4, 0.5) is 0 Å². The summed E-state index contributed by atoms with van der Waals surface area (Å²) in [5.74, 6) is 3.56. The van der Waals surface area contributed by atoms with Crippen molar-refractivity contribution < 1.29 is 4.74 Å². The van der Waals surface area contributed by atoms with E-state index in [1.807, 2.05) is 0 Å². The van der Waals surface area contributed by atoms with Gasteiger partial charge in [-0.2, -0.15) is 11.8 Å². The summed E-state index contributed by atoms with van der Waals surface area (Å²) in [6, 6.07) is 0.850. The van der Waals surface area contributed by atoms with Gasteiger partial charge >= 0.3 is 0 Å². The van der Waals surface area contributed by atoms with Crippen molar-refractivity contribution in [1.29, 1.82) is 0 Å². The van der Waals surface area contributed by atoms with Crippen LogP contribution in [0.1, 0.15) is 46.0 Å². The molecule has 0 radical (unpaired) electrons. The number of hydrogen-bond donors (Lipinski definition) is 0. The van der Waals surface area contributed by atoms with E-state index in [0.29, 0.717) is 6.10 Å². The first kappa shape index (κ1) is 14.7. The molecule has 3 heteroatoms. The summed E-state index contributed by atoms with van der Waals surface area (Å²) in [5.41, 5.74) is 0. The van der Waals surface area contributed by atoms with Crippen LogP contribution >= 0.6 is 11.8 Å². The third kappa shape index (κ3) is 4.75. The molecule has 1 atom stereocenters. The fourth-order valence-corrected chi connectivity index (χ4v) is 4.13. The Morgan fingerprint density at radius 1 is 1.28 bits per heavy atom. The minimum atomic E-state index is 0.507. The summed E-state index contributed by atoms with van der Waals surface area (Å²) in [7, 11) is 0. The van der Waals surface area contributed by atoms with Gasteiger partial charge in [0.1, 0.15) is 0 Å². The van der Waals surface area contributed by atoms with Crippen LogP contribution in [0.5, 0.6) is 0 Å². The zero-order chi connectivity index (χ0) is 12.8. The summed E-state index contributed by atoms with van der Waals surface area (Å²) in [5, 5.41) is 0. The van der Waals surface area contributed by atoms with Crippen molar-refractivity contribution in [2.45, 2.75) is 58.1 Å². The molecular formula is C15H29NOS. The summed E-state index contributed by atoms with van der Waals surface area (Å²) in [6.45, 7) is 7.93. The number of thioether (sulfide) groups is 1. The zero-order valence-corrected chi connectivity index (χ0v) is 12.9. The van der Waals surface area contributed by atoms with Gasteiger partial charge in [-0.15, -0.1) is 0 Å². The maximum atomic E-state index is 5.93. The first-order valence-electron chi connectivity index (χ1n) is 7.69. The molecule has 0 aromatic carbocycles. The van der Waals surface area contributed by atoms with Crippen molar-refractivity contribution in [1.82, 2.24) is 4.90 Å². The van der Waals surface area contributed by atoms with Crippen LogP contribution in [-0.4, -0.2) is 48.2 Å². The molecule has 2 heterocycles. The SMILES string of the molecule is CC(C)CCC[C@@H]1CN(C2CCSCC2)CCO1. The Balaban J connectivity index is 1.70. The number of rotatable bonds is 5. The maximum absolute atomic E-state index is 5.93. The smallest absolute Gasteiger partial charge is 0.0702 e. The Hall–Kier alpha value is 0.270. The molecule has 0 aliphatic carbocycles. The molecule has 0 spiro atoms. The van der Waals surface area contributed by atoms with Crippen molar-refractivity contribution in [3.8, 4) is 0 Å². The highest BCUT2D eigenvalue weighted by Crippen LogP contribution is 2.24. The monoisotopic (exact) mass is 271 g/mol. The van der Waals surface area contributed by atoms with Crippen LogP contribution in [0.15, 0.2) is 0 Å². The standard InChI is InChI=1S/C15H29NOS/c1-13(2)4-3-5-15-12-16(8-9-17-15)14-6-10-18-11-7-14/h13-15H,3-12H2,1-2H3/t15-/m1/s1. The van der Waals surface area contributed by atoms with Gasteiger partial charge in [0.2, 0.25) is 0 Å². The highest BCUT2D eigenvalue weighted by atomic mass is 32.2. The average molecular weight is 271 g/mol. The van der Waals surface area contributed by atoms with Crippen LogP contribution in [0, 0.1) is 5.92 Å². The second kappa shape index (κ2) is 7.76. The third-order valence-corrected chi connectivity index (χ3v) is 5.23. The lowest BCUT2D eigenvalue weighted by Crippen LogP contribution is -2.48. The lowest BCUT2D eigenvalue weighted by Gasteiger charge is -2.40. The zero-order valence-electron chi connectivity index (χ0n) is 12.1. The van der Waals surface area contributed by atoms with E-state index >= 15 is 0 Å². The van der Waals surface area contributed by atoms with Gasteiger partial charge in [0.15, 0.2) is 0 Å². The minimum absolute atomic E-state index is 0.507. The topological polar surface area (TPSA) is 12.5 Å². The van der Waals surface area contributed by atoms with Crippen molar-refractivity contribution in [3.63, 3.8) is 0 Å². The van der Waals surface area contributed by atoms with Crippen LogP contribution in [0.2, 0.25) is 0 Å².